The number of nitrogens with zero attached hydrogens (tertiary/aromatic N) is 1. The Morgan fingerprint density at radius 3 is 2.41 bits per heavy atom. The van der Waals surface area contributed by atoms with Crippen molar-refractivity contribution >= 4 is 18.0 Å². The fourth-order valence-electron chi connectivity index (χ4n) is 3.29. The Labute approximate surface area is 160 Å². The molecule has 1 amide bonds. The molecule has 27 heavy (non-hydrogen) atoms. The second-order valence-electron chi connectivity index (χ2n) is 6.86. The lowest BCUT2D eigenvalue weighted by atomic mass is 9.91. The van der Waals surface area contributed by atoms with Gasteiger partial charge in [-0.05, 0) is 44.2 Å². The van der Waals surface area contributed by atoms with Crippen molar-refractivity contribution in [2.75, 3.05) is 19.7 Å². The molecule has 0 aromatic heterocycles. The standard InChI is InChI=1S/C21H29NO5/c1-2-26-19(23)12-8-3-5-9-17-13-15-22(16-14-17)21(25)27-20(24)18-10-6-4-7-11-18/h4,6-7,10-11,17H,2-3,5,8-9,12-16H2,1H3. The zero-order valence-electron chi connectivity index (χ0n) is 16.0. The fraction of sp³-hybridized carbons (Fsp3) is 0.571. The average Bonchev–Trinajstić information content (AvgIpc) is 2.69. The van der Waals surface area contributed by atoms with E-state index in [9.17, 15) is 14.4 Å². The molecule has 0 N–H and O–H groups in total. The molecule has 1 heterocycles. The molecule has 6 nitrogen and oxygen atoms in total. The van der Waals surface area contributed by atoms with Gasteiger partial charge in [0.25, 0.3) is 0 Å². The topological polar surface area (TPSA) is 72.9 Å². The van der Waals surface area contributed by atoms with Crippen LogP contribution in [0.1, 0.15) is 62.2 Å². The molecular weight excluding hydrogens is 346 g/mol. The maximum Gasteiger partial charge on any atom is 0.417 e. The van der Waals surface area contributed by atoms with Crippen molar-refractivity contribution in [3.8, 4) is 0 Å². The highest BCUT2D eigenvalue weighted by molar-refractivity contribution is 5.96. The van der Waals surface area contributed by atoms with Crippen molar-refractivity contribution < 1.29 is 23.9 Å². The molecule has 148 valence electrons. The maximum atomic E-state index is 12.1. The van der Waals surface area contributed by atoms with Crippen LogP contribution in [0.15, 0.2) is 30.3 Å². The van der Waals surface area contributed by atoms with Crippen molar-refractivity contribution in [3.63, 3.8) is 0 Å². The number of unbranched alkanes of at least 4 members (excludes halogenated alkanes) is 2. The summed E-state index contributed by atoms with van der Waals surface area (Å²) in [5.41, 5.74) is 0.378. The van der Waals surface area contributed by atoms with Gasteiger partial charge in [-0.15, -0.1) is 0 Å². The SMILES string of the molecule is CCOC(=O)CCCCCC1CCN(C(=O)OC(=O)c2ccccc2)CC1. The largest absolute Gasteiger partial charge is 0.466 e. The first-order chi connectivity index (χ1) is 13.1. The van der Waals surface area contributed by atoms with E-state index in [0.29, 0.717) is 37.6 Å². The molecular formula is C21H29NO5. The highest BCUT2D eigenvalue weighted by atomic mass is 16.6. The normalized spacial score (nSPS) is 14.6. The molecule has 0 unspecified atom stereocenters. The lowest BCUT2D eigenvalue weighted by Gasteiger charge is -2.31. The molecule has 1 fully saturated rings. The number of amides is 1. The quantitative estimate of drug-likeness (QED) is 0.387. The number of rotatable bonds is 8. The number of hydrogen-bond acceptors (Lipinski definition) is 5. The first-order valence-electron chi connectivity index (χ1n) is 9.82. The van der Waals surface area contributed by atoms with Crippen molar-refractivity contribution in [1.29, 1.82) is 0 Å². The van der Waals surface area contributed by atoms with Gasteiger partial charge >= 0.3 is 18.0 Å². The number of benzene rings is 1. The fourth-order valence-corrected chi connectivity index (χ4v) is 3.29. The minimum Gasteiger partial charge on any atom is -0.466 e. The molecule has 1 aromatic rings. The van der Waals surface area contributed by atoms with Gasteiger partial charge in [-0.25, -0.2) is 9.59 Å². The van der Waals surface area contributed by atoms with Crippen LogP contribution < -0.4 is 0 Å². The van der Waals surface area contributed by atoms with Crippen LogP contribution in [-0.4, -0.2) is 42.6 Å². The molecule has 2 rings (SSSR count). The summed E-state index contributed by atoms with van der Waals surface area (Å²) in [5.74, 6) is -0.139. The summed E-state index contributed by atoms with van der Waals surface area (Å²) in [5, 5.41) is 0. The minimum atomic E-state index is -0.607. The van der Waals surface area contributed by atoms with Crippen LogP contribution in [0.5, 0.6) is 0 Å². The van der Waals surface area contributed by atoms with E-state index in [2.05, 4.69) is 0 Å². The molecule has 1 aromatic carbocycles. The van der Waals surface area contributed by atoms with Gasteiger partial charge in [-0.3, -0.25) is 4.79 Å². The van der Waals surface area contributed by atoms with Crippen LogP contribution in [0.4, 0.5) is 4.79 Å². The van der Waals surface area contributed by atoms with E-state index in [1.54, 1.807) is 35.2 Å². The molecule has 0 bridgehead atoms. The second-order valence-corrected chi connectivity index (χ2v) is 6.86. The van der Waals surface area contributed by atoms with E-state index in [4.69, 9.17) is 9.47 Å². The van der Waals surface area contributed by atoms with E-state index >= 15 is 0 Å². The molecule has 0 saturated carbocycles. The number of ether oxygens (including phenoxy) is 2. The predicted octanol–water partition coefficient (Wildman–Crippen LogP) is 4.19. The Balaban J connectivity index is 1.60. The third-order valence-corrected chi connectivity index (χ3v) is 4.86. The summed E-state index contributed by atoms with van der Waals surface area (Å²) in [6.45, 7) is 3.50. The molecule has 1 saturated heterocycles. The summed E-state index contributed by atoms with van der Waals surface area (Å²) in [6.07, 6.45) is 5.86. The second kappa shape index (κ2) is 11.4. The molecule has 0 atom stereocenters. The molecule has 0 radical (unpaired) electrons. The lowest BCUT2D eigenvalue weighted by Crippen LogP contribution is -2.39. The highest BCUT2D eigenvalue weighted by Crippen LogP contribution is 2.23. The molecule has 0 spiro atoms. The van der Waals surface area contributed by atoms with Gasteiger partial charge in [-0.2, -0.15) is 0 Å². The van der Waals surface area contributed by atoms with E-state index in [0.717, 1.165) is 38.5 Å². The van der Waals surface area contributed by atoms with E-state index in [1.807, 2.05) is 6.92 Å². The summed E-state index contributed by atoms with van der Waals surface area (Å²) in [4.78, 5) is 37.0. The van der Waals surface area contributed by atoms with Crippen molar-refractivity contribution in [2.45, 2.75) is 51.9 Å². The smallest absolute Gasteiger partial charge is 0.417 e. The van der Waals surface area contributed by atoms with Crippen LogP contribution in [0.3, 0.4) is 0 Å². The number of esters is 2. The highest BCUT2D eigenvalue weighted by Gasteiger charge is 2.25. The monoisotopic (exact) mass is 375 g/mol. The molecule has 1 aliphatic heterocycles. The van der Waals surface area contributed by atoms with Crippen molar-refractivity contribution in [2.24, 2.45) is 5.92 Å². The van der Waals surface area contributed by atoms with Gasteiger partial charge in [0.2, 0.25) is 0 Å². The van der Waals surface area contributed by atoms with Crippen LogP contribution in [-0.2, 0) is 14.3 Å². The third kappa shape index (κ3) is 7.41. The summed E-state index contributed by atoms with van der Waals surface area (Å²) >= 11 is 0. The lowest BCUT2D eigenvalue weighted by molar-refractivity contribution is -0.143. The Morgan fingerprint density at radius 2 is 1.74 bits per heavy atom. The average molecular weight is 375 g/mol. The summed E-state index contributed by atoms with van der Waals surface area (Å²) in [7, 11) is 0. The van der Waals surface area contributed by atoms with Crippen LogP contribution in [0.25, 0.3) is 0 Å². The number of carbonyl (C=O) groups excluding carboxylic acids is 3. The first kappa shape index (κ1) is 20.9. The van der Waals surface area contributed by atoms with Crippen molar-refractivity contribution in [1.82, 2.24) is 4.90 Å². The van der Waals surface area contributed by atoms with E-state index < -0.39 is 12.1 Å². The Hall–Kier alpha value is -2.37. The summed E-state index contributed by atoms with van der Waals surface area (Å²) < 4.78 is 9.89. The Morgan fingerprint density at radius 1 is 1.04 bits per heavy atom. The summed E-state index contributed by atoms with van der Waals surface area (Å²) in [6, 6.07) is 8.53. The number of hydrogen-bond donors (Lipinski definition) is 0. The Kier molecular flexibility index (Phi) is 8.81. The zero-order chi connectivity index (χ0) is 19.5. The van der Waals surface area contributed by atoms with Gasteiger partial charge in [0, 0.05) is 19.5 Å². The number of piperidine rings is 1. The minimum absolute atomic E-state index is 0.116. The van der Waals surface area contributed by atoms with Gasteiger partial charge < -0.3 is 14.4 Å². The Bertz CT molecular complexity index is 608. The van der Waals surface area contributed by atoms with Gasteiger partial charge in [0.05, 0.1) is 12.2 Å². The van der Waals surface area contributed by atoms with Gasteiger partial charge in [0.1, 0.15) is 0 Å². The molecule has 1 aliphatic rings. The van der Waals surface area contributed by atoms with E-state index in [-0.39, 0.29) is 5.97 Å². The molecule has 6 heteroatoms. The van der Waals surface area contributed by atoms with Crippen LogP contribution in [0.2, 0.25) is 0 Å². The zero-order valence-corrected chi connectivity index (χ0v) is 16.0. The first-order valence-corrected chi connectivity index (χ1v) is 9.82. The predicted molar refractivity (Wildman–Crippen MR) is 101 cm³/mol. The van der Waals surface area contributed by atoms with Crippen molar-refractivity contribution in [3.05, 3.63) is 35.9 Å². The maximum absolute atomic E-state index is 12.1. The third-order valence-electron chi connectivity index (χ3n) is 4.86. The number of likely N-dealkylation sites (tertiary alicyclic amines) is 1. The molecule has 0 aliphatic carbocycles. The van der Waals surface area contributed by atoms with Crippen LogP contribution >= 0.6 is 0 Å². The number of carbonyl (C=O) groups is 3. The van der Waals surface area contributed by atoms with E-state index in [1.165, 1.54) is 0 Å². The van der Waals surface area contributed by atoms with Crippen LogP contribution in [0, 0.1) is 5.92 Å². The van der Waals surface area contributed by atoms with Gasteiger partial charge in [0.15, 0.2) is 0 Å². The van der Waals surface area contributed by atoms with Gasteiger partial charge in [-0.1, -0.05) is 37.5 Å².